The molecule has 3 aromatic heterocycles. The molecule has 0 aromatic carbocycles. The summed E-state index contributed by atoms with van der Waals surface area (Å²) < 4.78 is 25.6. The van der Waals surface area contributed by atoms with Crippen LogP contribution in [0.2, 0.25) is 0 Å². The van der Waals surface area contributed by atoms with Gasteiger partial charge in [-0.2, -0.15) is 0 Å². The summed E-state index contributed by atoms with van der Waals surface area (Å²) in [6.07, 6.45) is 6.16. The molecule has 1 aliphatic carbocycles. The van der Waals surface area contributed by atoms with Gasteiger partial charge in [-0.05, 0) is 37.8 Å². The third-order valence-electron chi connectivity index (χ3n) is 5.10. The van der Waals surface area contributed by atoms with E-state index in [1.165, 1.54) is 17.6 Å². The summed E-state index contributed by atoms with van der Waals surface area (Å²) in [5, 5.41) is 16.2. The van der Waals surface area contributed by atoms with Crippen molar-refractivity contribution in [2.45, 2.75) is 37.1 Å². The van der Waals surface area contributed by atoms with Crippen molar-refractivity contribution in [3.8, 4) is 11.5 Å². The van der Waals surface area contributed by atoms with E-state index < -0.39 is 21.2 Å². The van der Waals surface area contributed by atoms with Crippen molar-refractivity contribution in [3.05, 3.63) is 29.4 Å². The van der Waals surface area contributed by atoms with Gasteiger partial charge in [0.05, 0.1) is 4.88 Å². The number of carbonyl (C=O) groups is 1. The number of pyridine rings is 1. The molecular weight excluding hydrogens is 440 g/mol. The number of thiazole rings is 1. The number of nitrogens with one attached hydrogen (secondary N) is 3. The Labute approximate surface area is 182 Å². The molecule has 162 valence electrons. The summed E-state index contributed by atoms with van der Waals surface area (Å²) in [7, 11) is -3.22. The molecule has 0 radical (unpaired) electrons. The third-order valence-corrected chi connectivity index (χ3v) is 7.52. The van der Waals surface area contributed by atoms with Crippen LogP contribution in [0, 0.1) is 0 Å². The molecule has 0 bridgehead atoms. The van der Waals surface area contributed by atoms with Crippen molar-refractivity contribution >= 4 is 44.0 Å². The maximum absolute atomic E-state index is 12.5. The van der Waals surface area contributed by atoms with Crippen LogP contribution in [0.1, 0.15) is 30.2 Å². The maximum atomic E-state index is 12.5. The summed E-state index contributed by atoms with van der Waals surface area (Å²) in [6.45, 7) is 0. The third kappa shape index (κ3) is 4.23. The van der Waals surface area contributed by atoms with E-state index in [1.807, 2.05) is 10.6 Å². The van der Waals surface area contributed by atoms with E-state index >= 15 is 0 Å². The molecule has 1 atom stereocenters. The van der Waals surface area contributed by atoms with Crippen LogP contribution in [0.25, 0.3) is 11.5 Å². The van der Waals surface area contributed by atoms with Gasteiger partial charge in [0.2, 0.25) is 0 Å². The lowest BCUT2D eigenvalue weighted by Crippen LogP contribution is -2.32. The number of aryl methyl sites for hydroxylation is 1. The predicted molar refractivity (Wildman–Crippen MR) is 117 cm³/mol. The van der Waals surface area contributed by atoms with E-state index in [1.54, 1.807) is 18.5 Å². The average molecular weight is 461 g/mol. The average Bonchev–Trinajstić information content (AvgIpc) is 3.30. The Morgan fingerprint density at radius 1 is 1.23 bits per heavy atom. The van der Waals surface area contributed by atoms with Crippen LogP contribution < -0.4 is 16.0 Å². The standard InChI is InChI=1S/C18H20N8O3S2/c1-31(28,29)14-8-7-12-15(22-14)23-18(30-12)24-17(27)21-13-4-2-3-11(20-13)16-25-19-9-26(16)10-5-6-10/h2-4,9-10,14,22H,5-8H2,1H3,(H2,20,21,23,24,27). The molecule has 1 unspecified atom stereocenters. The van der Waals surface area contributed by atoms with E-state index in [9.17, 15) is 13.2 Å². The SMILES string of the molecule is CS(=O)(=O)C1CCc2sc(NC(=O)Nc3cccc(-c4nncn4C4CC4)n3)nc2N1. The van der Waals surface area contributed by atoms with Crippen molar-refractivity contribution in [2.24, 2.45) is 0 Å². The van der Waals surface area contributed by atoms with Crippen LogP contribution >= 0.6 is 11.3 Å². The van der Waals surface area contributed by atoms with Gasteiger partial charge in [0, 0.05) is 12.3 Å². The van der Waals surface area contributed by atoms with Gasteiger partial charge in [0.15, 0.2) is 20.8 Å². The van der Waals surface area contributed by atoms with Crippen molar-refractivity contribution < 1.29 is 13.2 Å². The minimum Gasteiger partial charge on any atom is -0.353 e. The zero-order valence-electron chi connectivity index (χ0n) is 16.6. The van der Waals surface area contributed by atoms with Crippen molar-refractivity contribution in [2.75, 3.05) is 22.2 Å². The first-order chi connectivity index (χ1) is 14.9. The lowest BCUT2D eigenvalue weighted by molar-refractivity contribution is 0.262. The largest absolute Gasteiger partial charge is 0.353 e. The number of hydrogen-bond acceptors (Lipinski definition) is 9. The van der Waals surface area contributed by atoms with Crippen LogP contribution in [-0.2, 0) is 16.3 Å². The fraction of sp³-hybridized carbons (Fsp3) is 0.389. The normalized spacial score (nSPS) is 18.2. The van der Waals surface area contributed by atoms with Crippen LogP contribution in [0.15, 0.2) is 24.5 Å². The first-order valence-corrected chi connectivity index (χ1v) is 12.5. The molecule has 1 aliphatic heterocycles. The minimum atomic E-state index is -3.22. The molecule has 2 amide bonds. The summed E-state index contributed by atoms with van der Waals surface area (Å²) in [5.74, 6) is 1.55. The Morgan fingerprint density at radius 2 is 2.06 bits per heavy atom. The van der Waals surface area contributed by atoms with Gasteiger partial charge in [-0.25, -0.2) is 23.2 Å². The number of aromatic nitrogens is 5. The topological polar surface area (TPSA) is 144 Å². The summed E-state index contributed by atoms with van der Waals surface area (Å²) in [4.78, 5) is 22.2. The number of anilines is 3. The van der Waals surface area contributed by atoms with E-state index in [2.05, 4.69) is 36.1 Å². The van der Waals surface area contributed by atoms with Crippen LogP contribution in [0.4, 0.5) is 21.6 Å². The van der Waals surface area contributed by atoms with Gasteiger partial charge in [-0.3, -0.25) is 10.6 Å². The van der Waals surface area contributed by atoms with E-state index in [-0.39, 0.29) is 0 Å². The highest BCUT2D eigenvalue weighted by molar-refractivity contribution is 7.91. The van der Waals surface area contributed by atoms with E-state index in [4.69, 9.17) is 0 Å². The van der Waals surface area contributed by atoms with Gasteiger partial charge in [-0.1, -0.05) is 17.4 Å². The Hall–Kier alpha value is -3.06. The number of amides is 2. The molecule has 0 saturated heterocycles. The molecule has 5 rings (SSSR count). The Morgan fingerprint density at radius 3 is 2.84 bits per heavy atom. The molecular formula is C18H20N8O3S2. The Kier molecular flexibility index (Phi) is 4.85. The number of nitrogens with zero attached hydrogens (tertiary/aromatic N) is 5. The quantitative estimate of drug-likeness (QED) is 0.527. The monoisotopic (exact) mass is 460 g/mol. The Bertz CT molecular complexity index is 1250. The van der Waals surface area contributed by atoms with Gasteiger partial charge >= 0.3 is 6.03 Å². The van der Waals surface area contributed by atoms with E-state index in [0.29, 0.717) is 47.2 Å². The molecule has 13 heteroatoms. The number of sulfone groups is 1. The molecule has 2 aliphatic rings. The summed E-state index contributed by atoms with van der Waals surface area (Å²) in [5.41, 5.74) is 0.628. The Balaban J connectivity index is 1.27. The molecule has 0 spiro atoms. The zero-order chi connectivity index (χ0) is 21.6. The lowest BCUT2D eigenvalue weighted by Gasteiger charge is -2.21. The minimum absolute atomic E-state index is 0.372. The van der Waals surface area contributed by atoms with Gasteiger partial charge < -0.3 is 9.88 Å². The number of rotatable bonds is 5. The van der Waals surface area contributed by atoms with Gasteiger partial charge in [-0.15, -0.1) is 10.2 Å². The zero-order valence-corrected chi connectivity index (χ0v) is 18.2. The van der Waals surface area contributed by atoms with Crippen LogP contribution in [-0.4, -0.2) is 50.8 Å². The molecule has 4 heterocycles. The maximum Gasteiger partial charge on any atom is 0.326 e. The molecule has 1 saturated carbocycles. The molecule has 3 N–H and O–H groups in total. The smallest absolute Gasteiger partial charge is 0.326 e. The number of fused-ring (bicyclic) bond motifs is 1. The fourth-order valence-corrected chi connectivity index (χ4v) is 5.22. The number of urea groups is 1. The van der Waals surface area contributed by atoms with Crippen LogP contribution in [0.3, 0.4) is 0 Å². The highest BCUT2D eigenvalue weighted by Crippen LogP contribution is 2.37. The van der Waals surface area contributed by atoms with Crippen molar-refractivity contribution in [1.82, 2.24) is 24.7 Å². The second-order valence-corrected chi connectivity index (χ2v) is 10.9. The van der Waals surface area contributed by atoms with Crippen molar-refractivity contribution in [1.29, 1.82) is 0 Å². The first kappa shape index (κ1) is 19.9. The molecule has 1 fully saturated rings. The lowest BCUT2D eigenvalue weighted by atomic mass is 10.2. The van der Waals surface area contributed by atoms with Gasteiger partial charge in [0.25, 0.3) is 0 Å². The van der Waals surface area contributed by atoms with Crippen LogP contribution in [0.5, 0.6) is 0 Å². The second-order valence-electron chi connectivity index (χ2n) is 7.57. The highest BCUT2D eigenvalue weighted by Gasteiger charge is 2.29. The second kappa shape index (κ2) is 7.57. The number of hydrogen-bond donors (Lipinski definition) is 3. The van der Waals surface area contributed by atoms with E-state index in [0.717, 1.165) is 17.7 Å². The molecule has 11 nitrogen and oxygen atoms in total. The highest BCUT2D eigenvalue weighted by atomic mass is 32.2. The summed E-state index contributed by atoms with van der Waals surface area (Å²) in [6, 6.07) is 5.23. The van der Waals surface area contributed by atoms with Gasteiger partial charge in [0.1, 0.15) is 29.0 Å². The molecule has 3 aromatic rings. The van der Waals surface area contributed by atoms with Crippen molar-refractivity contribution in [3.63, 3.8) is 0 Å². The fourth-order valence-electron chi connectivity index (χ4n) is 3.41. The predicted octanol–water partition coefficient (Wildman–Crippen LogP) is 2.50. The number of carbonyl (C=O) groups excluding carboxylic acids is 1. The summed E-state index contributed by atoms with van der Waals surface area (Å²) >= 11 is 1.32. The first-order valence-electron chi connectivity index (χ1n) is 9.77. The molecule has 31 heavy (non-hydrogen) atoms.